The van der Waals surface area contributed by atoms with Gasteiger partial charge in [0.2, 0.25) is 0 Å². The lowest BCUT2D eigenvalue weighted by molar-refractivity contribution is -0.137. The van der Waals surface area contributed by atoms with Crippen molar-refractivity contribution in [2.45, 2.75) is 11.8 Å². The van der Waals surface area contributed by atoms with E-state index < -0.39 is 16.5 Å². The standard InChI is InChI=1S/C13H14BrF2NO3/c1-3-20-12(18)8-11(13(14,15)16)17-9-4-6-10(19-2)7-5-9/h4-8,17H,3H2,1-2H3/b11-8+. The lowest BCUT2D eigenvalue weighted by Crippen LogP contribution is -2.19. The largest absolute Gasteiger partial charge is 0.497 e. The molecule has 0 unspecified atom stereocenters. The van der Waals surface area contributed by atoms with Crippen molar-refractivity contribution in [2.24, 2.45) is 0 Å². The van der Waals surface area contributed by atoms with Gasteiger partial charge in [-0.1, -0.05) is 0 Å². The van der Waals surface area contributed by atoms with Gasteiger partial charge in [-0.05, 0) is 47.1 Å². The summed E-state index contributed by atoms with van der Waals surface area (Å²) in [5.74, 6) is -0.250. The second kappa shape index (κ2) is 7.23. The van der Waals surface area contributed by atoms with Crippen LogP contribution in [0.2, 0.25) is 0 Å². The Balaban J connectivity index is 2.92. The Morgan fingerprint density at radius 1 is 1.40 bits per heavy atom. The fourth-order valence-electron chi connectivity index (χ4n) is 1.32. The molecule has 0 spiro atoms. The number of benzene rings is 1. The number of hydrogen-bond acceptors (Lipinski definition) is 4. The number of anilines is 1. The molecule has 0 heterocycles. The molecule has 0 aromatic heterocycles. The highest BCUT2D eigenvalue weighted by Crippen LogP contribution is 2.32. The van der Waals surface area contributed by atoms with E-state index in [1.54, 1.807) is 31.2 Å². The summed E-state index contributed by atoms with van der Waals surface area (Å²) in [6, 6.07) is 6.32. The van der Waals surface area contributed by atoms with E-state index in [2.05, 4.69) is 26.0 Å². The molecule has 0 saturated carbocycles. The lowest BCUT2D eigenvalue weighted by atomic mass is 10.3. The zero-order valence-corrected chi connectivity index (χ0v) is 12.5. The van der Waals surface area contributed by atoms with Crippen LogP contribution in [0, 0.1) is 0 Å². The summed E-state index contributed by atoms with van der Waals surface area (Å²) < 4.78 is 36.3. The SMILES string of the molecule is CCOC(=O)/C=C(/Nc1ccc(OC)cc1)C(F)(F)Br. The molecule has 0 aliphatic rings. The smallest absolute Gasteiger partial charge is 0.341 e. The van der Waals surface area contributed by atoms with E-state index >= 15 is 0 Å². The average molecular weight is 350 g/mol. The highest BCUT2D eigenvalue weighted by molar-refractivity contribution is 9.10. The first-order valence-electron chi connectivity index (χ1n) is 5.73. The Hall–Kier alpha value is -1.63. The van der Waals surface area contributed by atoms with Crippen LogP contribution in [0.3, 0.4) is 0 Å². The summed E-state index contributed by atoms with van der Waals surface area (Å²) in [6.07, 6.45) is 0.711. The molecular weight excluding hydrogens is 336 g/mol. The Labute approximate surface area is 123 Å². The van der Waals surface area contributed by atoms with Gasteiger partial charge in [-0.15, -0.1) is 0 Å². The number of halogens is 3. The van der Waals surface area contributed by atoms with Crippen molar-refractivity contribution in [3.8, 4) is 5.75 Å². The molecule has 0 aliphatic carbocycles. The molecule has 110 valence electrons. The summed E-state index contributed by atoms with van der Waals surface area (Å²) >= 11 is 2.21. The van der Waals surface area contributed by atoms with E-state index in [0.29, 0.717) is 17.5 Å². The van der Waals surface area contributed by atoms with Crippen LogP contribution in [-0.4, -0.2) is 24.5 Å². The second-order valence-electron chi connectivity index (χ2n) is 3.66. The number of carbonyl (C=O) groups excluding carboxylic acids is 1. The predicted molar refractivity (Wildman–Crippen MR) is 75.2 cm³/mol. The number of ether oxygens (including phenoxy) is 2. The number of rotatable bonds is 6. The van der Waals surface area contributed by atoms with Crippen molar-refractivity contribution >= 4 is 27.6 Å². The van der Waals surface area contributed by atoms with Gasteiger partial charge in [-0.3, -0.25) is 0 Å². The van der Waals surface area contributed by atoms with E-state index in [1.165, 1.54) is 7.11 Å². The molecule has 0 aliphatic heterocycles. The second-order valence-corrected chi connectivity index (χ2v) is 4.66. The molecule has 0 bridgehead atoms. The predicted octanol–water partition coefficient (Wildman–Crippen LogP) is 3.54. The molecule has 0 radical (unpaired) electrons. The van der Waals surface area contributed by atoms with Crippen molar-refractivity contribution in [3.05, 3.63) is 36.0 Å². The van der Waals surface area contributed by atoms with E-state index in [4.69, 9.17) is 4.74 Å². The monoisotopic (exact) mass is 349 g/mol. The Kier molecular flexibility index (Phi) is 5.94. The number of allylic oxidation sites excluding steroid dienone is 1. The van der Waals surface area contributed by atoms with Crippen LogP contribution in [0.15, 0.2) is 36.0 Å². The zero-order chi connectivity index (χ0) is 15.2. The first-order valence-corrected chi connectivity index (χ1v) is 6.53. The maximum atomic E-state index is 13.4. The van der Waals surface area contributed by atoms with E-state index in [1.807, 2.05) is 0 Å². The molecule has 20 heavy (non-hydrogen) atoms. The number of methoxy groups -OCH3 is 1. The Morgan fingerprint density at radius 2 is 2.00 bits per heavy atom. The van der Waals surface area contributed by atoms with Crippen molar-refractivity contribution in [1.82, 2.24) is 0 Å². The van der Waals surface area contributed by atoms with Crippen molar-refractivity contribution in [3.63, 3.8) is 0 Å². The maximum Gasteiger partial charge on any atom is 0.341 e. The molecule has 7 heteroatoms. The highest BCUT2D eigenvalue weighted by atomic mass is 79.9. The van der Waals surface area contributed by atoms with Crippen molar-refractivity contribution in [1.29, 1.82) is 0 Å². The summed E-state index contributed by atoms with van der Waals surface area (Å²) in [5.41, 5.74) is -0.221. The Morgan fingerprint density at radius 3 is 2.45 bits per heavy atom. The zero-order valence-electron chi connectivity index (χ0n) is 11.0. The van der Waals surface area contributed by atoms with Crippen LogP contribution in [-0.2, 0) is 9.53 Å². The summed E-state index contributed by atoms with van der Waals surface area (Å²) in [6.45, 7) is 1.70. The summed E-state index contributed by atoms with van der Waals surface area (Å²) in [7, 11) is 1.50. The minimum absolute atomic E-state index is 0.110. The van der Waals surface area contributed by atoms with Crippen LogP contribution < -0.4 is 10.1 Å². The molecule has 0 atom stereocenters. The van der Waals surface area contributed by atoms with Crippen LogP contribution in [0.4, 0.5) is 14.5 Å². The van der Waals surface area contributed by atoms with Gasteiger partial charge >= 0.3 is 10.8 Å². The minimum atomic E-state index is -3.38. The van der Waals surface area contributed by atoms with Crippen molar-refractivity contribution < 1.29 is 23.0 Å². The molecule has 1 N–H and O–H groups in total. The third-order valence-corrected chi connectivity index (χ3v) is 2.65. The molecule has 0 saturated heterocycles. The molecule has 1 aromatic rings. The summed E-state index contributed by atoms with van der Waals surface area (Å²) in [5, 5.41) is 2.47. The van der Waals surface area contributed by atoms with Crippen LogP contribution in [0.1, 0.15) is 6.92 Å². The Bertz CT molecular complexity index is 483. The highest BCUT2D eigenvalue weighted by Gasteiger charge is 2.31. The van der Waals surface area contributed by atoms with Crippen LogP contribution in [0.5, 0.6) is 5.75 Å². The lowest BCUT2D eigenvalue weighted by Gasteiger charge is -2.16. The van der Waals surface area contributed by atoms with E-state index in [0.717, 1.165) is 0 Å². The molecule has 1 rings (SSSR count). The van der Waals surface area contributed by atoms with Gasteiger partial charge in [-0.25, -0.2) is 4.79 Å². The molecule has 4 nitrogen and oxygen atoms in total. The van der Waals surface area contributed by atoms with Gasteiger partial charge in [0.15, 0.2) is 0 Å². The fourth-order valence-corrected chi connectivity index (χ4v) is 1.53. The number of alkyl halides is 3. The number of nitrogens with one attached hydrogen (secondary N) is 1. The van der Waals surface area contributed by atoms with Crippen LogP contribution in [0.25, 0.3) is 0 Å². The van der Waals surface area contributed by atoms with Gasteiger partial charge in [0, 0.05) is 11.8 Å². The van der Waals surface area contributed by atoms with Crippen molar-refractivity contribution in [2.75, 3.05) is 19.0 Å². The van der Waals surface area contributed by atoms with E-state index in [-0.39, 0.29) is 6.61 Å². The fraction of sp³-hybridized carbons (Fsp3) is 0.308. The minimum Gasteiger partial charge on any atom is -0.497 e. The topological polar surface area (TPSA) is 47.6 Å². The van der Waals surface area contributed by atoms with Gasteiger partial charge in [0.1, 0.15) is 11.4 Å². The first kappa shape index (κ1) is 16.4. The van der Waals surface area contributed by atoms with Gasteiger partial charge < -0.3 is 14.8 Å². The van der Waals surface area contributed by atoms with Crippen LogP contribution >= 0.6 is 15.9 Å². The first-order chi connectivity index (χ1) is 9.36. The maximum absolute atomic E-state index is 13.4. The number of esters is 1. The third-order valence-electron chi connectivity index (χ3n) is 2.22. The number of carbonyl (C=O) groups is 1. The molecular formula is C13H14BrF2NO3. The van der Waals surface area contributed by atoms with Gasteiger partial charge in [0.25, 0.3) is 0 Å². The quantitative estimate of drug-likeness (QED) is 0.484. The normalized spacial score (nSPS) is 11.9. The van der Waals surface area contributed by atoms with Gasteiger partial charge in [-0.2, -0.15) is 8.78 Å². The average Bonchev–Trinajstić information content (AvgIpc) is 2.38. The molecule has 0 amide bonds. The summed E-state index contributed by atoms with van der Waals surface area (Å²) in [4.78, 5) is 7.90. The van der Waals surface area contributed by atoms with Gasteiger partial charge in [0.05, 0.1) is 13.7 Å². The number of hydrogen-bond donors (Lipinski definition) is 1. The molecule has 0 fully saturated rings. The molecule has 1 aromatic carbocycles. The van der Waals surface area contributed by atoms with E-state index in [9.17, 15) is 13.6 Å². The third kappa shape index (κ3) is 5.16.